The highest BCUT2D eigenvalue weighted by Gasteiger charge is 2.26. The zero-order valence-electron chi connectivity index (χ0n) is 10.5. The minimum Gasteiger partial charge on any atom is -0.394 e. The van der Waals surface area contributed by atoms with Gasteiger partial charge in [-0.25, -0.2) is 9.97 Å². The van der Waals surface area contributed by atoms with E-state index in [1.54, 1.807) is 6.33 Å². The molecule has 0 aromatic carbocycles. The Morgan fingerprint density at radius 2 is 2.35 bits per heavy atom. The van der Waals surface area contributed by atoms with Gasteiger partial charge in [0, 0.05) is 18.7 Å². The van der Waals surface area contributed by atoms with E-state index >= 15 is 0 Å². The summed E-state index contributed by atoms with van der Waals surface area (Å²) in [5.41, 5.74) is 1.06. The zero-order valence-corrected chi connectivity index (χ0v) is 10.5. The molecule has 0 amide bonds. The molecule has 0 aliphatic carbocycles. The highest BCUT2D eigenvalue weighted by Crippen LogP contribution is 2.28. The first-order chi connectivity index (χ1) is 8.27. The van der Waals surface area contributed by atoms with Crippen LogP contribution in [-0.2, 0) is 0 Å². The highest BCUT2D eigenvalue weighted by molar-refractivity contribution is 5.58. The van der Waals surface area contributed by atoms with Crippen molar-refractivity contribution in [1.29, 1.82) is 0 Å². The van der Waals surface area contributed by atoms with Gasteiger partial charge in [-0.1, -0.05) is 0 Å². The number of anilines is 2. The molecule has 1 saturated heterocycles. The Bertz CT molecular complexity index is 383. The molecule has 1 aromatic heterocycles. The Balaban J connectivity index is 2.28. The number of rotatable bonds is 4. The Kier molecular flexibility index (Phi) is 3.78. The van der Waals surface area contributed by atoms with Gasteiger partial charge in [0.15, 0.2) is 0 Å². The topological polar surface area (TPSA) is 61.3 Å². The van der Waals surface area contributed by atoms with Crippen LogP contribution in [0.1, 0.15) is 25.3 Å². The van der Waals surface area contributed by atoms with Gasteiger partial charge in [0.25, 0.3) is 0 Å². The summed E-state index contributed by atoms with van der Waals surface area (Å²) in [5, 5.41) is 12.6. The number of aliphatic hydroxyl groups is 1. The number of nitrogens with one attached hydrogen (secondary N) is 1. The Morgan fingerprint density at radius 3 is 3.06 bits per heavy atom. The number of aliphatic hydroxyl groups excluding tert-OH is 1. The fourth-order valence-corrected chi connectivity index (χ4v) is 2.38. The van der Waals surface area contributed by atoms with Gasteiger partial charge in [-0.2, -0.15) is 0 Å². The molecule has 94 valence electrons. The molecule has 1 fully saturated rings. The lowest BCUT2D eigenvalue weighted by molar-refractivity contribution is 0.266. The van der Waals surface area contributed by atoms with E-state index in [4.69, 9.17) is 0 Å². The molecule has 2 heterocycles. The molecule has 0 bridgehead atoms. The van der Waals surface area contributed by atoms with Gasteiger partial charge in [-0.05, 0) is 26.7 Å². The van der Waals surface area contributed by atoms with Crippen LogP contribution >= 0.6 is 0 Å². The van der Waals surface area contributed by atoms with Gasteiger partial charge < -0.3 is 15.3 Å². The maximum atomic E-state index is 9.36. The van der Waals surface area contributed by atoms with Crippen molar-refractivity contribution in [2.24, 2.45) is 0 Å². The Morgan fingerprint density at radius 1 is 1.53 bits per heavy atom. The van der Waals surface area contributed by atoms with Crippen LogP contribution < -0.4 is 10.2 Å². The summed E-state index contributed by atoms with van der Waals surface area (Å²) in [5.74, 6) is 1.84. The number of hydrogen-bond acceptors (Lipinski definition) is 5. The zero-order chi connectivity index (χ0) is 12.3. The van der Waals surface area contributed by atoms with E-state index in [-0.39, 0.29) is 12.6 Å². The maximum absolute atomic E-state index is 9.36. The molecule has 17 heavy (non-hydrogen) atoms. The molecule has 5 nitrogen and oxygen atoms in total. The first-order valence-electron chi connectivity index (χ1n) is 6.21. The van der Waals surface area contributed by atoms with Crippen molar-refractivity contribution in [3.63, 3.8) is 0 Å². The van der Waals surface area contributed by atoms with Crippen molar-refractivity contribution in [2.45, 2.75) is 32.7 Å². The van der Waals surface area contributed by atoms with E-state index in [2.05, 4.69) is 20.2 Å². The van der Waals surface area contributed by atoms with E-state index in [0.717, 1.165) is 43.1 Å². The van der Waals surface area contributed by atoms with Crippen LogP contribution in [0.3, 0.4) is 0 Å². The van der Waals surface area contributed by atoms with Crippen LogP contribution in [0.25, 0.3) is 0 Å². The molecule has 5 heteroatoms. The van der Waals surface area contributed by atoms with Crippen molar-refractivity contribution in [3.8, 4) is 0 Å². The SMILES string of the molecule is CCNc1ncnc(N2CCCC2CO)c1C. The van der Waals surface area contributed by atoms with Gasteiger partial charge >= 0.3 is 0 Å². The summed E-state index contributed by atoms with van der Waals surface area (Å²) in [6.07, 6.45) is 3.74. The van der Waals surface area contributed by atoms with Gasteiger partial charge in [-0.3, -0.25) is 0 Å². The first-order valence-corrected chi connectivity index (χ1v) is 6.21. The van der Waals surface area contributed by atoms with Crippen LogP contribution in [0.2, 0.25) is 0 Å². The third-order valence-electron chi connectivity index (χ3n) is 3.26. The fourth-order valence-electron chi connectivity index (χ4n) is 2.38. The molecule has 0 saturated carbocycles. The Hall–Kier alpha value is -1.36. The minimum absolute atomic E-state index is 0.194. The first kappa shape index (κ1) is 12.1. The van der Waals surface area contributed by atoms with Gasteiger partial charge in [-0.15, -0.1) is 0 Å². The molecule has 1 aliphatic heterocycles. The molecule has 1 aliphatic rings. The number of aromatic nitrogens is 2. The summed E-state index contributed by atoms with van der Waals surface area (Å²) in [7, 11) is 0. The molecule has 0 spiro atoms. The van der Waals surface area contributed by atoms with E-state index in [1.165, 1.54) is 0 Å². The summed E-state index contributed by atoms with van der Waals surface area (Å²) >= 11 is 0. The van der Waals surface area contributed by atoms with Crippen molar-refractivity contribution < 1.29 is 5.11 Å². The van der Waals surface area contributed by atoms with E-state index in [9.17, 15) is 5.11 Å². The highest BCUT2D eigenvalue weighted by atomic mass is 16.3. The van der Waals surface area contributed by atoms with Crippen LogP contribution in [0.5, 0.6) is 0 Å². The van der Waals surface area contributed by atoms with Gasteiger partial charge in [0.05, 0.1) is 12.6 Å². The summed E-state index contributed by atoms with van der Waals surface area (Å²) in [6.45, 7) is 6.09. The van der Waals surface area contributed by atoms with E-state index in [1.807, 2.05) is 13.8 Å². The van der Waals surface area contributed by atoms with Crippen molar-refractivity contribution >= 4 is 11.6 Å². The monoisotopic (exact) mass is 236 g/mol. The molecule has 1 aromatic rings. The lowest BCUT2D eigenvalue weighted by atomic mass is 10.2. The molecular weight excluding hydrogens is 216 g/mol. The third kappa shape index (κ3) is 2.34. The lowest BCUT2D eigenvalue weighted by Crippen LogP contribution is -2.33. The second-order valence-electron chi connectivity index (χ2n) is 4.37. The Labute approximate surface area is 102 Å². The van der Waals surface area contributed by atoms with E-state index in [0.29, 0.717) is 0 Å². The molecule has 0 radical (unpaired) electrons. The molecule has 1 unspecified atom stereocenters. The van der Waals surface area contributed by atoms with Crippen LogP contribution in [0, 0.1) is 6.92 Å². The average molecular weight is 236 g/mol. The molecule has 2 rings (SSSR count). The van der Waals surface area contributed by atoms with Gasteiger partial charge in [0.2, 0.25) is 0 Å². The quantitative estimate of drug-likeness (QED) is 0.822. The second kappa shape index (κ2) is 5.31. The van der Waals surface area contributed by atoms with Crippen LogP contribution in [0.4, 0.5) is 11.6 Å². The van der Waals surface area contributed by atoms with Crippen LogP contribution in [-0.4, -0.2) is 40.8 Å². The summed E-state index contributed by atoms with van der Waals surface area (Å²) < 4.78 is 0. The van der Waals surface area contributed by atoms with Crippen molar-refractivity contribution in [3.05, 3.63) is 11.9 Å². The smallest absolute Gasteiger partial charge is 0.137 e. The van der Waals surface area contributed by atoms with Gasteiger partial charge in [0.1, 0.15) is 18.0 Å². The summed E-state index contributed by atoms with van der Waals surface area (Å²) in [6, 6.07) is 0.207. The average Bonchev–Trinajstić information content (AvgIpc) is 2.80. The predicted molar refractivity (Wildman–Crippen MR) is 68.4 cm³/mol. The third-order valence-corrected chi connectivity index (χ3v) is 3.26. The predicted octanol–water partition coefficient (Wildman–Crippen LogP) is 1.18. The van der Waals surface area contributed by atoms with Crippen molar-refractivity contribution in [2.75, 3.05) is 29.9 Å². The molecule has 1 atom stereocenters. The normalized spacial score (nSPS) is 19.7. The van der Waals surface area contributed by atoms with Crippen LogP contribution in [0.15, 0.2) is 6.33 Å². The maximum Gasteiger partial charge on any atom is 0.137 e. The van der Waals surface area contributed by atoms with Crippen molar-refractivity contribution in [1.82, 2.24) is 9.97 Å². The number of hydrogen-bond donors (Lipinski definition) is 2. The summed E-state index contributed by atoms with van der Waals surface area (Å²) in [4.78, 5) is 10.8. The minimum atomic E-state index is 0.194. The fraction of sp³-hybridized carbons (Fsp3) is 0.667. The standard InChI is InChI=1S/C12H20N4O/c1-3-13-11-9(2)12(15-8-14-11)16-6-4-5-10(16)7-17/h8,10,17H,3-7H2,1-2H3,(H,13,14,15). The second-order valence-corrected chi connectivity index (χ2v) is 4.37. The largest absolute Gasteiger partial charge is 0.394 e. The molecule has 2 N–H and O–H groups in total. The number of nitrogens with zero attached hydrogens (tertiary/aromatic N) is 3. The molecular formula is C12H20N4O. The lowest BCUT2D eigenvalue weighted by Gasteiger charge is -2.26. The van der Waals surface area contributed by atoms with E-state index < -0.39 is 0 Å².